The van der Waals surface area contributed by atoms with E-state index in [2.05, 4.69) is 5.32 Å². The van der Waals surface area contributed by atoms with Gasteiger partial charge in [0, 0.05) is 22.2 Å². The van der Waals surface area contributed by atoms with Gasteiger partial charge in [-0.15, -0.1) is 0 Å². The minimum atomic E-state index is 0.0175. The predicted molar refractivity (Wildman–Crippen MR) is 110 cm³/mol. The molecule has 0 bridgehead atoms. The number of hydrogen-bond donors (Lipinski definition) is 1. The first kappa shape index (κ1) is 17.4. The molecule has 1 aliphatic rings. The molecular weight excluding hydrogens is 358 g/mol. The van der Waals surface area contributed by atoms with E-state index in [9.17, 15) is 4.79 Å². The molecule has 3 aromatic carbocycles. The zero-order valence-corrected chi connectivity index (χ0v) is 15.8. The van der Waals surface area contributed by atoms with Gasteiger partial charge in [0.05, 0.1) is 24.1 Å². The van der Waals surface area contributed by atoms with Crippen molar-refractivity contribution in [3.8, 4) is 5.75 Å². The Labute approximate surface area is 163 Å². The normalized spacial score (nSPS) is 12.9. The van der Waals surface area contributed by atoms with Crippen LogP contribution in [0.3, 0.4) is 0 Å². The lowest BCUT2D eigenvalue weighted by Gasteiger charge is -2.16. The van der Waals surface area contributed by atoms with Crippen LogP contribution < -0.4 is 10.1 Å². The van der Waals surface area contributed by atoms with Crippen LogP contribution in [-0.2, 0) is 0 Å². The van der Waals surface area contributed by atoms with E-state index in [1.807, 2.05) is 67.6 Å². The molecule has 0 radical (unpaired) electrons. The molecule has 0 aromatic heterocycles. The molecule has 0 atom stereocenters. The molecule has 134 valence electrons. The first-order chi connectivity index (χ1) is 13.1. The van der Waals surface area contributed by atoms with Crippen molar-refractivity contribution >= 4 is 34.3 Å². The molecule has 4 heteroatoms. The molecule has 0 spiro atoms. The van der Waals surface area contributed by atoms with E-state index in [4.69, 9.17) is 16.3 Å². The standard InChI is InChI=1S/C23H18ClNO2/c1-14-12-19(20(27-2)13-18(14)24)25-22-16-10-6-7-11-17(16)23(26)21(22)15-8-4-3-5-9-15/h3-13,25H,1-2H3. The Morgan fingerprint density at radius 1 is 0.926 bits per heavy atom. The highest BCUT2D eigenvalue weighted by Crippen LogP contribution is 2.41. The average molecular weight is 376 g/mol. The number of methoxy groups -OCH3 is 1. The van der Waals surface area contributed by atoms with Crippen LogP contribution in [0.4, 0.5) is 5.69 Å². The summed E-state index contributed by atoms with van der Waals surface area (Å²) in [6.45, 7) is 1.94. The molecule has 0 saturated heterocycles. The van der Waals surface area contributed by atoms with Crippen LogP contribution in [-0.4, -0.2) is 12.9 Å². The van der Waals surface area contributed by atoms with E-state index in [-0.39, 0.29) is 5.78 Å². The van der Waals surface area contributed by atoms with Gasteiger partial charge in [-0.25, -0.2) is 0 Å². The zero-order valence-electron chi connectivity index (χ0n) is 15.0. The van der Waals surface area contributed by atoms with Crippen LogP contribution in [0.5, 0.6) is 5.75 Å². The molecule has 3 aromatic rings. The average Bonchev–Trinajstić information content (AvgIpc) is 2.97. The number of ether oxygens (including phenoxy) is 1. The third-order valence-electron chi connectivity index (χ3n) is 4.72. The molecule has 0 amide bonds. The van der Waals surface area contributed by atoms with Crippen LogP contribution >= 0.6 is 11.6 Å². The summed E-state index contributed by atoms with van der Waals surface area (Å²) in [5.74, 6) is 0.645. The number of Topliss-reactive ketones (excluding diaryl/α,β-unsaturated/α-hetero) is 1. The topological polar surface area (TPSA) is 38.3 Å². The summed E-state index contributed by atoms with van der Waals surface area (Å²) in [7, 11) is 1.60. The highest BCUT2D eigenvalue weighted by Gasteiger charge is 2.30. The summed E-state index contributed by atoms with van der Waals surface area (Å²) in [6.07, 6.45) is 0. The summed E-state index contributed by atoms with van der Waals surface area (Å²) < 4.78 is 5.49. The first-order valence-corrected chi connectivity index (χ1v) is 9.03. The Balaban J connectivity index is 1.91. The number of allylic oxidation sites excluding steroid dienone is 1. The van der Waals surface area contributed by atoms with Gasteiger partial charge in [-0.3, -0.25) is 4.79 Å². The Morgan fingerprint density at radius 2 is 1.59 bits per heavy atom. The van der Waals surface area contributed by atoms with Gasteiger partial charge < -0.3 is 10.1 Å². The maximum Gasteiger partial charge on any atom is 0.196 e. The molecule has 1 N–H and O–H groups in total. The number of hydrogen-bond acceptors (Lipinski definition) is 3. The van der Waals surface area contributed by atoms with Crippen LogP contribution in [0.1, 0.15) is 27.0 Å². The number of ketones is 1. The highest BCUT2D eigenvalue weighted by molar-refractivity contribution is 6.40. The molecule has 0 fully saturated rings. The fourth-order valence-electron chi connectivity index (χ4n) is 3.36. The third-order valence-corrected chi connectivity index (χ3v) is 5.13. The van der Waals surface area contributed by atoms with Crippen molar-refractivity contribution in [1.82, 2.24) is 0 Å². The molecular formula is C23H18ClNO2. The minimum Gasteiger partial charge on any atom is -0.495 e. The summed E-state index contributed by atoms with van der Waals surface area (Å²) >= 11 is 6.24. The van der Waals surface area contributed by atoms with Crippen molar-refractivity contribution in [3.05, 3.63) is 94.0 Å². The van der Waals surface area contributed by atoms with Gasteiger partial charge in [0.1, 0.15) is 5.75 Å². The Kier molecular flexibility index (Phi) is 4.46. The monoisotopic (exact) mass is 375 g/mol. The van der Waals surface area contributed by atoms with Crippen LogP contribution in [0, 0.1) is 6.92 Å². The van der Waals surface area contributed by atoms with Crippen molar-refractivity contribution in [3.63, 3.8) is 0 Å². The molecule has 3 nitrogen and oxygen atoms in total. The molecule has 1 aliphatic carbocycles. The van der Waals surface area contributed by atoms with E-state index >= 15 is 0 Å². The number of fused-ring (bicyclic) bond motifs is 1. The van der Waals surface area contributed by atoms with E-state index in [0.717, 1.165) is 28.1 Å². The Morgan fingerprint density at radius 3 is 2.30 bits per heavy atom. The number of aryl methyl sites for hydroxylation is 1. The van der Waals surface area contributed by atoms with E-state index < -0.39 is 0 Å². The van der Waals surface area contributed by atoms with Gasteiger partial charge in [0.25, 0.3) is 0 Å². The minimum absolute atomic E-state index is 0.0175. The van der Waals surface area contributed by atoms with E-state index in [1.54, 1.807) is 13.2 Å². The van der Waals surface area contributed by atoms with Gasteiger partial charge in [-0.1, -0.05) is 66.2 Å². The number of halogens is 1. The summed E-state index contributed by atoms with van der Waals surface area (Å²) in [6, 6.07) is 21.1. The first-order valence-electron chi connectivity index (χ1n) is 8.65. The Bertz CT molecular complexity index is 1070. The van der Waals surface area contributed by atoms with Crippen LogP contribution in [0.15, 0.2) is 66.7 Å². The maximum atomic E-state index is 13.1. The van der Waals surface area contributed by atoms with Crippen molar-refractivity contribution in [2.24, 2.45) is 0 Å². The fraction of sp³-hybridized carbons (Fsp3) is 0.0870. The van der Waals surface area contributed by atoms with Gasteiger partial charge in [-0.05, 0) is 24.1 Å². The molecule has 0 heterocycles. The molecule has 27 heavy (non-hydrogen) atoms. The van der Waals surface area contributed by atoms with Crippen molar-refractivity contribution in [1.29, 1.82) is 0 Å². The fourth-order valence-corrected chi connectivity index (χ4v) is 3.51. The second kappa shape index (κ2) is 6.93. The number of rotatable bonds is 4. The predicted octanol–water partition coefficient (Wildman–Crippen LogP) is 5.83. The SMILES string of the molecule is COc1cc(Cl)c(C)cc1NC1=C(c2ccccc2)C(=O)c2ccccc21. The summed E-state index contributed by atoms with van der Waals surface area (Å²) in [5.41, 5.74) is 5.60. The number of carbonyl (C=O) groups excluding carboxylic acids is 1. The van der Waals surface area contributed by atoms with Gasteiger partial charge in [-0.2, -0.15) is 0 Å². The number of nitrogens with one attached hydrogen (secondary N) is 1. The van der Waals surface area contributed by atoms with E-state index in [1.165, 1.54) is 0 Å². The Hall–Kier alpha value is -3.04. The summed E-state index contributed by atoms with van der Waals surface area (Å²) in [5, 5.41) is 4.08. The molecule has 0 saturated carbocycles. The smallest absolute Gasteiger partial charge is 0.196 e. The van der Waals surface area contributed by atoms with Gasteiger partial charge in [0.2, 0.25) is 0 Å². The van der Waals surface area contributed by atoms with Gasteiger partial charge in [0.15, 0.2) is 5.78 Å². The van der Waals surface area contributed by atoms with Crippen LogP contribution in [0.25, 0.3) is 11.3 Å². The lowest BCUT2D eigenvalue weighted by molar-refractivity contribution is 0.105. The molecule has 0 unspecified atom stereocenters. The largest absolute Gasteiger partial charge is 0.495 e. The number of benzene rings is 3. The number of anilines is 1. The van der Waals surface area contributed by atoms with Crippen molar-refractivity contribution < 1.29 is 9.53 Å². The van der Waals surface area contributed by atoms with Gasteiger partial charge >= 0.3 is 0 Å². The second-order valence-electron chi connectivity index (χ2n) is 6.42. The van der Waals surface area contributed by atoms with Crippen LogP contribution in [0.2, 0.25) is 5.02 Å². The second-order valence-corrected chi connectivity index (χ2v) is 6.82. The molecule has 4 rings (SSSR count). The lowest BCUT2D eigenvalue weighted by Crippen LogP contribution is -2.03. The van der Waals surface area contributed by atoms with Crippen molar-refractivity contribution in [2.75, 3.05) is 12.4 Å². The van der Waals surface area contributed by atoms with E-state index in [0.29, 0.717) is 21.9 Å². The zero-order chi connectivity index (χ0) is 19.0. The molecule has 0 aliphatic heterocycles. The lowest BCUT2D eigenvalue weighted by atomic mass is 10.0. The highest BCUT2D eigenvalue weighted by atomic mass is 35.5. The number of carbonyl (C=O) groups is 1. The summed E-state index contributed by atoms with van der Waals surface area (Å²) in [4.78, 5) is 13.1. The quantitative estimate of drug-likeness (QED) is 0.623. The van der Waals surface area contributed by atoms with Crippen molar-refractivity contribution in [2.45, 2.75) is 6.92 Å². The maximum absolute atomic E-state index is 13.1. The third kappa shape index (κ3) is 3.00.